The summed E-state index contributed by atoms with van der Waals surface area (Å²) < 4.78 is 0. The zero-order valence-corrected chi connectivity index (χ0v) is 11.4. The minimum Gasteiger partial charge on any atom is -0.350 e. The Balaban J connectivity index is 2.60. The average molecular weight is 251 g/mol. The van der Waals surface area contributed by atoms with Crippen molar-refractivity contribution in [3.05, 3.63) is 34.2 Å². The van der Waals surface area contributed by atoms with Gasteiger partial charge in [0.05, 0.1) is 5.56 Å². The number of carbonyl (C=O) groups excluding carboxylic acids is 1. The van der Waals surface area contributed by atoms with Gasteiger partial charge in [0.2, 0.25) is 5.56 Å². The Kier molecular flexibility index (Phi) is 5.09. The van der Waals surface area contributed by atoms with Crippen LogP contribution in [0.1, 0.15) is 24.2 Å². The molecule has 0 saturated carbocycles. The summed E-state index contributed by atoms with van der Waals surface area (Å²) in [5, 5.41) is 2.88. The van der Waals surface area contributed by atoms with Gasteiger partial charge in [0.15, 0.2) is 0 Å². The molecule has 5 nitrogen and oxygen atoms in total. The molecule has 0 aromatic carbocycles. The van der Waals surface area contributed by atoms with E-state index in [1.807, 2.05) is 14.1 Å². The molecule has 1 atom stereocenters. The van der Waals surface area contributed by atoms with Crippen LogP contribution in [0.2, 0.25) is 0 Å². The van der Waals surface area contributed by atoms with Crippen LogP contribution in [-0.2, 0) is 0 Å². The summed E-state index contributed by atoms with van der Waals surface area (Å²) in [6.07, 6.45) is 1.43. The molecule has 1 rings (SSSR count). The lowest BCUT2D eigenvalue weighted by Crippen LogP contribution is -2.43. The van der Waals surface area contributed by atoms with Crippen LogP contribution in [0, 0.1) is 5.92 Å². The number of nitrogens with one attached hydrogen (secondary N) is 2. The Morgan fingerprint density at radius 1 is 1.39 bits per heavy atom. The molecule has 1 aromatic heterocycles. The van der Waals surface area contributed by atoms with E-state index >= 15 is 0 Å². The average Bonchev–Trinajstić information content (AvgIpc) is 2.28. The molecular weight excluding hydrogens is 230 g/mol. The quantitative estimate of drug-likeness (QED) is 0.809. The Bertz CT molecular complexity index is 423. The van der Waals surface area contributed by atoms with Crippen LogP contribution >= 0.6 is 0 Å². The van der Waals surface area contributed by atoms with Gasteiger partial charge in [-0.2, -0.15) is 0 Å². The second kappa shape index (κ2) is 6.35. The van der Waals surface area contributed by atoms with Gasteiger partial charge in [0, 0.05) is 24.8 Å². The second-order valence-corrected chi connectivity index (χ2v) is 4.93. The summed E-state index contributed by atoms with van der Waals surface area (Å²) in [6, 6.07) is 3.16. The number of hydrogen-bond acceptors (Lipinski definition) is 3. The fraction of sp³-hybridized carbons (Fsp3) is 0.538. The van der Waals surface area contributed by atoms with Gasteiger partial charge in [0.1, 0.15) is 0 Å². The first-order valence-electron chi connectivity index (χ1n) is 6.05. The third kappa shape index (κ3) is 4.00. The molecule has 2 N–H and O–H groups in total. The van der Waals surface area contributed by atoms with E-state index in [1.165, 1.54) is 18.3 Å². The molecule has 1 amide bonds. The lowest BCUT2D eigenvalue weighted by molar-refractivity contribution is 0.0934. The SMILES string of the molecule is CC(C)C(CNC(=O)c1ccc(=O)[nH]c1)N(C)C. The topological polar surface area (TPSA) is 65.2 Å². The maximum absolute atomic E-state index is 11.9. The van der Waals surface area contributed by atoms with Crippen molar-refractivity contribution < 1.29 is 4.79 Å². The van der Waals surface area contributed by atoms with Crippen molar-refractivity contribution in [2.75, 3.05) is 20.6 Å². The van der Waals surface area contributed by atoms with Crippen molar-refractivity contribution >= 4 is 5.91 Å². The van der Waals surface area contributed by atoms with Gasteiger partial charge in [-0.15, -0.1) is 0 Å². The van der Waals surface area contributed by atoms with Crippen molar-refractivity contribution in [1.82, 2.24) is 15.2 Å². The number of hydrogen-bond donors (Lipinski definition) is 2. The summed E-state index contributed by atoms with van der Waals surface area (Å²) in [5.41, 5.74) is 0.260. The highest BCUT2D eigenvalue weighted by molar-refractivity contribution is 5.93. The smallest absolute Gasteiger partial charge is 0.252 e. The maximum Gasteiger partial charge on any atom is 0.252 e. The predicted octanol–water partition coefficient (Wildman–Crippen LogP) is 0.691. The van der Waals surface area contributed by atoms with Gasteiger partial charge in [0.25, 0.3) is 5.91 Å². The molecule has 5 heteroatoms. The van der Waals surface area contributed by atoms with Crippen molar-refractivity contribution in [3.63, 3.8) is 0 Å². The highest BCUT2D eigenvalue weighted by Gasteiger charge is 2.16. The molecule has 0 saturated heterocycles. The second-order valence-electron chi connectivity index (χ2n) is 4.93. The lowest BCUT2D eigenvalue weighted by atomic mass is 10.0. The van der Waals surface area contributed by atoms with Gasteiger partial charge in [-0.1, -0.05) is 13.8 Å². The van der Waals surface area contributed by atoms with Crippen molar-refractivity contribution in [2.24, 2.45) is 5.92 Å². The van der Waals surface area contributed by atoms with Crippen molar-refractivity contribution in [1.29, 1.82) is 0 Å². The predicted molar refractivity (Wildman–Crippen MR) is 71.7 cm³/mol. The summed E-state index contributed by atoms with van der Waals surface area (Å²) >= 11 is 0. The number of nitrogens with zero attached hydrogens (tertiary/aromatic N) is 1. The number of aromatic amines is 1. The highest BCUT2D eigenvalue weighted by Crippen LogP contribution is 2.06. The first-order valence-corrected chi connectivity index (χ1v) is 6.05. The molecule has 0 fully saturated rings. The molecule has 0 aliphatic heterocycles. The molecule has 1 heterocycles. The van der Waals surface area contributed by atoms with E-state index in [1.54, 1.807) is 0 Å². The Hall–Kier alpha value is -1.62. The standard InChI is InChI=1S/C13H21N3O2/c1-9(2)11(16(3)4)8-15-13(18)10-5-6-12(17)14-7-10/h5-7,9,11H,8H2,1-4H3,(H,14,17)(H,15,18). The van der Waals surface area contributed by atoms with E-state index in [4.69, 9.17) is 0 Å². The Labute approximate surface area is 107 Å². The molecule has 0 radical (unpaired) electrons. The molecule has 0 aliphatic carbocycles. The first kappa shape index (κ1) is 14.4. The number of aromatic nitrogens is 1. The fourth-order valence-electron chi connectivity index (χ4n) is 1.87. The van der Waals surface area contributed by atoms with Crippen LogP contribution < -0.4 is 10.9 Å². The van der Waals surface area contributed by atoms with Gasteiger partial charge in [-0.25, -0.2) is 0 Å². The number of carbonyl (C=O) groups is 1. The minimum atomic E-state index is -0.208. The Morgan fingerprint density at radius 3 is 2.50 bits per heavy atom. The maximum atomic E-state index is 11.9. The first-order chi connectivity index (χ1) is 8.41. The zero-order valence-electron chi connectivity index (χ0n) is 11.4. The van der Waals surface area contributed by atoms with E-state index in [2.05, 4.69) is 29.0 Å². The van der Waals surface area contributed by atoms with Gasteiger partial charge >= 0.3 is 0 Å². The molecule has 1 unspecified atom stereocenters. The normalized spacial score (nSPS) is 12.8. The van der Waals surface area contributed by atoms with E-state index in [0.717, 1.165) is 0 Å². The molecule has 0 spiro atoms. The summed E-state index contributed by atoms with van der Waals surface area (Å²) in [6.45, 7) is 4.83. The zero-order chi connectivity index (χ0) is 13.7. The minimum absolute atomic E-state index is 0.168. The van der Waals surface area contributed by atoms with Gasteiger partial charge in [-0.3, -0.25) is 9.59 Å². The van der Waals surface area contributed by atoms with Crippen LogP contribution in [0.4, 0.5) is 0 Å². The number of pyridine rings is 1. The van der Waals surface area contributed by atoms with E-state index in [0.29, 0.717) is 18.0 Å². The molecule has 0 aliphatic rings. The third-order valence-corrected chi connectivity index (χ3v) is 2.95. The largest absolute Gasteiger partial charge is 0.350 e. The molecular formula is C13H21N3O2. The van der Waals surface area contributed by atoms with Crippen LogP contribution in [0.15, 0.2) is 23.1 Å². The van der Waals surface area contributed by atoms with Crippen molar-refractivity contribution in [3.8, 4) is 0 Å². The lowest BCUT2D eigenvalue weighted by Gasteiger charge is -2.28. The highest BCUT2D eigenvalue weighted by atomic mass is 16.1. The molecule has 100 valence electrons. The molecule has 18 heavy (non-hydrogen) atoms. The summed E-state index contributed by atoms with van der Waals surface area (Å²) in [4.78, 5) is 27.3. The van der Waals surface area contributed by atoms with Gasteiger partial charge < -0.3 is 15.2 Å². The van der Waals surface area contributed by atoms with E-state index in [9.17, 15) is 9.59 Å². The summed E-state index contributed by atoms with van der Waals surface area (Å²) in [7, 11) is 3.99. The molecule has 0 bridgehead atoms. The third-order valence-electron chi connectivity index (χ3n) is 2.95. The monoisotopic (exact) mass is 251 g/mol. The number of likely N-dealkylation sites (N-methyl/N-ethyl adjacent to an activating group) is 1. The summed E-state index contributed by atoms with van der Waals surface area (Å²) in [5.74, 6) is 0.287. The number of rotatable bonds is 5. The number of H-pyrrole nitrogens is 1. The van der Waals surface area contributed by atoms with E-state index in [-0.39, 0.29) is 17.5 Å². The Morgan fingerprint density at radius 2 is 2.06 bits per heavy atom. The van der Waals surface area contributed by atoms with E-state index < -0.39 is 0 Å². The van der Waals surface area contributed by atoms with Crippen molar-refractivity contribution in [2.45, 2.75) is 19.9 Å². The van der Waals surface area contributed by atoms with Crippen LogP contribution in [-0.4, -0.2) is 42.5 Å². The fourth-order valence-corrected chi connectivity index (χ4v) is 1.87. The van der Waals surface area contributed by atoms with Crippen LogP contribution in [0.3, 0.4) is 0 Å². The van der Waals surface area contributed by atoms with Gasteiger partial charge in [-0.05, 0) is 26.1 Å². The molecule has 1 aromatic rings. The number of amides is 1. The van der Waals surface area contributed by atoms with Crippen LogP contribution in [0.5, 0.6) is 0 Å². The van der Waals surface area contributed by atoms with Crippen LogP contribution in [0.25, 0.3) is 0 Å².